The van der Waals surface area contributed by atoms with Crippen molar-refractivity contribution in [2.24, 2.45) is 0 Å². The summed E-state index contributed by atoms with van der Waals surface area (Å²) in [5, 5.41) is 4.44. The Bertz CT molecular complexity index is 408. The van der Waals surface area contributed by atoms with Crippen LogP contribution in [0.25, 0.3) is 0 Å². The van der Waals surface area contributed by atoms with Gasteiger partial charge in [0, 0.05) is 17.1 Å². The lowest BCUT2D eigenvalue weighted by molar-refractivity contribution is 0.158. The smallest absolute Gasteiger partial charge is 0.0453 e. The highest BCUT2D eigenvalue weighted by Crippen LogP contribution is 2.22. The van der Waals surface area contributed by atoms with E-state index in [1.54, 1.807) is 0 Å². The zero-order valence-electron chi connectivity index (χ0n) is 12.7. The van der Waals surface area contributed by atoms with Crippen molar-refractivity contribution in [2.75, 3.05) is 19.6 Å². The van der Waals surface area contributed by atoms with Gasteiger partial charge in [0.2, 0.25) is 0 Å². The van der Waals surface area contributed by atoms with Crippen LogP contribution in [0.2, 0.25) is 5.02 Å². The van der Waals surface area contributed by atoms with Gasteiger partial charge in [0.25, 0.3) is 0 Å². The molecule has 0 spiro atoms. The SMILES string of the molecule is CC(NCCCN1CCCCC1C)c1ccccc1Cl. The maximum absolute atomic E-state index is 6.22. The third-order valence-electron chi connectivity index (χ3n) is 4.38. The molecule has 20 heavy (non-hydrogen) atoms. The second-order valence-corrected chi connectivity index (χ2v) is 6.34. The third-order valence-corrected chi connectivity index (χ3v) is 4.73. The largest absolute Gasteiger partial charge is 0.310 e. The maximum Gasteiger partial charge on any atom is 0.0453 e. The summed E-state index contributed by atoms with van der Waals surface area (Å²) in [6, 6.07) is 9.19. The Labute approximate surface area is 128 Å². The molecular formula is C17H27ClN2. The van der Waals surface area contributed by atoms with Crippen LogP contribution in [0.3, 0.4) is 0 Å². The fraction of sp³-hybridized carbons (Fsp3) is 0.647. The molecule has 0 bridgehead atoms. The number of hydrogen-bond acceptors (Lipinski definition) is 2. The lowest BCUT2D eigenvalue weighted by atomic mass is 10.0. The van der Waals surface area contributed by atoms with Gasteiger partial charge in [0.1, 0.15) is 0 Å². The first-order chi connectivity index (χ1) is 9.68. The zero-order valence-corrected chi connectivity index (χ0v) is 13.5. The monoisotopic (exact) mass is 294 g/mol. The van der Waals surface area contributed by atoms with E-state index in [1.807, 2.05) is 12.1 Å². The highest BCUT2D eigenvalue weighted by Gasteiger charge is 2.17. The lowest BCUT2D eigenvalue weighted by Crippen LogP contribution is -2.39. The summed E-state index contributed by atoms with van der Waals surface area (Å²) >= 11 is 6.22. The Morgan fingerprint density at radius 3 is 2.90 bits per heavy atom. The molecule has 2 atom stereocenters. The maximum atomic E-state index is 6.22. The molecule has 1 aromatic rings. The van der Waals surface area contributed by atoms with E-state index in [1.165, 1.54) is 44.3 Å². The predicted molar refractivity (Wildman–Crippen MR) is 87.4 cm³/mol. The summed E-state index contributed by atoms with van der Waals surface area (Å²) in [5.74, 6) is 0. The Morgan fingerprint density at radius 2 is 2.15 bits per heavy atom. The van der Waals surface area contributed by atoms with Crippen molar-refractivity contribution < 1.29 is 0 Å². The van der Waals surface area contributed by atoms with E-state index < -0.39 is 0 Å². The number of rotatable bonds is 6. The molecule has 0 aromatic heterocycles. The molecule has 0 saturated carbocycles. The summed E-state index contributed by atoms with van der Waals surface area (Å²) in [6.07, 6.45) is 5.34. The first-order valence-electron chi connectivity index (χ1n) is 7.90. The van der Waals surface area contributed by atoms with Crippen molar-refractivity contribution in [3.05, 3.63) is 34.9 Å². The molecular weight excluding hydrogens is 268 g/mol. The molecule has 1 aliphatic heterocycles. The summed E-state index contributed by atoms with van der Waals surface area (Å²) in [7, 11) is 0. The Morgan fingerprint density at radius 1 is 1.35 bits per heavy atom. The zero-order chi connectivity index (χ0) is 14.4. The van der Waals surface area contributed by atoms with Crippen LogP contribution in [0.4, 0.5) is 0 Å². The molecule has 0 aliphatic carbocycles. The Kier molecular flexibility index (Phi) is 6.34. The molecule has 1 N–H and O–H groups in total. The number of halogens is 1. The first-order valence-corrected chi connectivity index (χ1v) is 8.28. The van der Waals surface area contributed by atoms with Gasteiger partial charge in [0.15, 0.2) is 0 Å². The summed E-state index contributed by atoms with van der Waals surface area (Å²) in [6.45, 7) is 8.09. The fourth-order valence-corrected chi connectivity index (χ4v) is 3.33. The van der Waals surface area contributed by atoms with Crippen LogP contribution >= 0.6 is 11.6 Å². The molecule has 2 rings (SSSR count). The van der Waals surface area contributed by atoms with Crippen LogP contribution in [0, 0.1) is 0 Å². The molecule has 2 unspecified atom stereocenters. The molecule has 0 radical (unpaired) electrons. The van der Waals surface area contributed by atoms with Crippen LogP contribution < -0.4 is 5.32 Å². The van der Waals surface area contributed by atoms with Crippen LogP contribution in [0.5, 0.6) is 0 Å². The van der Waals surface area contributed by atoms with Crippen molar-refractivity contribution >= 4 is 11.6 Å². The van der Waals surface area contributed by atoms with Gasteiger partial charge in [-0.15, -0.1) is 0 Å². The van der Waals surface area contributed by atoms with Gasteiger partial charge < -0.3 is 10.2 Å². The molecule has 3 heteroatoms. The van der Waals surface area contributed by atoms with Gasteiger partial charge in [-0.05, 0) is 64.4 Å². The van der Waals surface area contributed by atoms with Crippen LogP contribution in [-0.2, 0) is 0 Å². The van der Waals surface area contributed by atoms with E-state index in [4.69, 9.17) is 11.6 Å². The summed E-state index contributed by atoms with van der Waals surface area (Å²) < 4.78 is 0. The Balaban J connectivity index is 1.69. The number of nitrogens with zero attached hydrogens (tertiary/aromatic N) is 1. The Hall–Kier alpha value is -0.570. The molecule has 1 saturated heterocycles. The molecule has 0 amide bonds. The van der Waals surface area contributed by atoms with E-state index in [-0.39, 0.29) is 0 Å². The standard InChI is InChI=1S/C17H27ClN2/c1-14-8-5-6-12-20(14)13-7-11-19-15(2)16-9-3-4-10-17(16)18/h3-4,9-10,14-15,19H,5-8,11-13H2,1-2H3. The molecule has 1 aliphatic rings. The number of likely N-dealkylation sites (tertiary alicyclic amines) is 1. The fourth-order valence-electron chi connectivity index (χ4n) is 3.03. The van der Waals surface area contributed by atoms with Crippen molar-refractivity contribution in [1.82, 2.24) is 10.2 Å². The van der Waals surface area contributed by atoms with E-state index in [0.29, 0.717) is 6.04 Å². The quantitative estimate of drug-likeness (QED) is 0.789. The summed E-state index contributed by atoms with van der Waals surface area (Å²) in [5.41, 5.74) is 1.19. The number of benzene rings is 1. The van der Waals surface area contributed by atoms with Gasteiger partial charge in [-0.2, -0.15) is 0 Å². The highest BCUT2D eigenvalue weighted by atomic mass is 35.5. The van der Waals surface area contributed by atoms with Gasteiger partial charge in [-0.1, -0.05) is 36.2 Å². The van der Waals surface area contributed by atoms with E-state index in [9.17, 15) is 0 Å². The second kappa shape index (κ2) is 8.02. The van der Waals surface area contributed by atoms with Crippen molar-refractivity contribution in [1.29, 1.82) is 0 Å². The predicted octanol–water partition coefficient (Wildman–Crippen LogP) is 4.26. The number of piperidine rings is 1. The molecule has 1 aromatic carbocycles. The number of hydrogen-bond donors (Lipinski definition) is 1. The van der Waals surface area contributed by atoms with E-state index in [0.717, 1.165) is 17.6 Å². The normalized spacial score (nSPS) is 21.9. The number of nitrogens with one attached hydrogen (secondary N) is 1. The third kappa shape index (κ3) is 4.47. The average Bonchev–Trinajstić information content (AvgIpc) is 2.45. The molecule has 112 valence electrons. The topological polar surface area (TPSA) is 15.3 Å². The minimum absolute atomic E-state index is 0.322. The second-order valence-electron chi connectivity index (χ2n) is 5.93. The van der Waals surface area contributed by atoms with Crippen molar-refractivity contribution in [2.45, 2.75) is 51.6 Å². The summed E-state index contributed by atoms with van der Waals surface area (Å²) in [4.78, 5) is 2.63. The van der Waals surface area contributed by atoms with Crippen LogP contribution in [-0.4, -0.2) is 30.6 Å². The minimum Gasteiger partial charge on any atom is -0.310 e. The van der Waals surface area contributed by atoms with E-state index >= 15 is 0 Å². The molecule has 1 heterocycles. The molecule has 1 fully saturated rings. The highest BCUT2D eigenvalue weighted by molar-refractivity contribution is 6.31. The van der Waals surface area contributed by atoms with Crippen molar-refractivity contribution in [3.63, 3.8) is 0 Å². The van der Waals surface area contributed by atoms with Gasteiger partial charge in [0.05, 0.1) is 0 Å². The molecule has 2 nitrogen and oxygen atoms in total. The lowest BCUT2D eigenvalue weighted by Gasteiger charge is -2.33. The van der Waals surface area contributed by atoms with Crippen molar-refractivity contribution in [3.8, 4) is 0 Å². The van der Waals surface area contributed by atoms with Crippen LogP contribution in [0.15, 0.2) is 24.3 Å². The first kappa shape index (κ1) is 15.8. The van der Waals surface area contributed by atoms with E-state index in [2.05, 4.69) is 36.2 Å². The van der Waals surface area contributed by atoms with Gasteiger partial charge >= 0.3 is 0 Å². The van der Waals surface area contributed by atoms with Gasteiger partial charge in [-0.3, -0.25) is 0 Å². The van der Waals surface area contributed by atoms with Gasteiger partial charge in [-0.25, -0.2) is 0 Å². The minimum atomic E-state index is 0.322. The average molecular weight is 295 g/mol. The van der Waals surface area contributed by atoms with Crippen LogP contribution in [0.1, 0.15) is 51.1 Å².